The second-order valence-corrected chi connectivity index (χ2v) is 2.93. The fourth-order valence-electron chi connectivity index (χ4n) is 1.46. The third-order valence-corrected chi connectivity index (χ3v) is 2.13. The van der Waals surface area contributed by atoms with E-state index in [0.29, 0.717) is 0 Å². The van der Waals surface area contributed by atoms with Crippen molar-refractivity contribution in [3.8, 4) is 0 Å². The molecule has 1 aromatic rings. The molecule has 0 bridgehead atoms. The van der Waals surface area contributed by atoms with Gasteiger partial charge in [-0.15, -0.1) is 0 Å². The van der Waals surface area contributed by atoms with Crippen LogP contribution in [-0.2, 0) is 4.74 Å². The van der Waals surface area contributed by atoms with Gasteiger partial charge in [-0.05, 0) is 0 Å². The second kappa shape index (κ2) is 6.94. The predicted molar refractivity (Wildman–Crippen MR) is 64.7 cm³/mol. The van der Waals surface area contributed by atoms with Crippen molar-refractivity contribution in [2.45, 2.75) is 0 Å². The van der Waals surface area contributed by atoms with E-state index in [0.717, 1.165) is 26.3 Å². The van der Waals surface area contributed by atoms with Crippen molar-refractivity contribution in [3.63, 3.8) is 0 Å². The standard InChI is InChI=1S/C9H12BNO.H4NP/c1-2-4-10-9(3-1)11-5-7-12-8-6-11;1-2/h1-4H,5-8H2;1-2H2. The Morgan fingerprint density at radius 1 is 1.29 bits per heavy atom. The van der Waals surface area contributed by atoms with E-state index in [4.69, 9.17) is 4.74 Å². The summed E-state index contributed by atoms with van der Waals surface area (Å²) in [5.74, 6) is 2.07. The third-order valence-electron chi connectivity index (χ3n) is 2.13. The first-order valence-corrected chi connectivity index (χ1v) is 5.34. The van der Waals surface area contributed by atoms with Gasteiger partial charge in [0.05, 0.1) is 0 Å². The van der Waals surface area contributed by atoms with E-state index in [1.807, 2.05) is 15.5 Å². The molecule has 0 radical (unpaired) electrons. The number of ether oxygens (including phenoxy) is 1. The maximum atomic E-state index is 5.28. The van der Waals surface area contributed by atoms with Crippen LogP contribution in [0.15, 0.2) is 24.2 Å². The van der Waals surface area contributed by atoms with E-state index in [9.17, 15) is 0 Å². The van der Waals surface area contributed by atoms with Gasteiger partial charge in [0.15, 0.2) is 0 Å². The molecule has 3 nitrogen and oxygen atoms in total. The molecule has 1 fully saturated rings. The van der Waals surface area contributed by atoms with Crippen LogP contribution in [-0.4, -0.2) is 33.2 Å². The van der Waals surface area contributed by atoms with Gasteiger partial charge in [0, 0.05) is 0 Å². The van der Waals surface area contributed by atoms with Crippen LogP contribution < -0.4 is 10.4 Å². The molecule has 0 aliphatic carbocycles. The number of morpholine rings is 1. The number of nitrogens with zero attached hydrogens (tertiary/aromatic N) is 1. The first-order valence-electron chi connectivity index (χ1n) is 4.68. The Hall–Kier alpha value is -0.435. The minimum absolute atomic E-state index is 0.856. The molecule has 1 aromatic heterocycles. The van der Waals surface area contributed by atoms with Gasteiger partial charge in [-0.25, -0.2) is 0 Å². The van der Waals surface area contributed by atoms with Crippen molar-refractivity contribution in [1.82, 2.24) is 0 Å². The minimum atomic E-state index is 0.856. The average Bonchev–Trinajstić information content (AvgIpc) is 2.34. The first kappa shape index (κ1) is 11.6. The quantitative estimate of drug-likeness (QED) is 0.689. The van der Waals surface area contributed by atoms with E-state index >= 15 is 0 Å². The Bertz CT molecular complexity index is 242. The second-order valence-electron chi connectivity index (χ2n) is 2.93. The van der Waals surface area contributed by atoms with E-state index in [2.05, 4.69) is 35.4 Å². The summed E-state index contributed by atoms with van der Waals surface area (Å²) in [6.45, 7) is 5.89. The van der Waals surface area contributed by atoms with Crippen LogP contribution >= 0.6 is 9.39 Å². The molecule has 14 heavy (non-hydrogen) atoms. The predicted octanol–water partition coefficient (Wildman–Crippen LogP) is 0.597. The third kappa shape index (κ3) is 3.37. The number of anilines is 1. The fourth-order valence-corrected chi connectivity index (χ4v) is 1.46. The van der Waals surface area contributed by atoms with Crippen molar-refractivity contribution in [3.05, 3.63) is 24.2 Å². The van der Waals surface area contributed by atoms with Crippen LogP contribution in [0.3, 0.4) is 0 Å². The van der Waals surface area contributed by atoms with Crippen molar-refractivity contribution < 1.29 is 4.74 Å². The molecule has 0 spiro atoms. The summed E-state index contributed by atoms with van der Waals surface area (Å²) in [6.07, 6.45) is 0. The summed E-state index contributed by atoms with van der Waals surface area (Å²) in [5, 5.41) is 0. The van der Waals surface area contributed by atoms with Crippen LogP contribution in [0.25, 0.3) is 0 Å². The maximum absolute atomic E-state index is 5.28. The number of hydrogen-bond donors (Lipinski definition) is 1. The zero-order valence-corrected chi connectivity index (χ0v) is 9.38. The van der Waals surface area contributed by atoms with Crippen LogP contribution in [0.4, 0.5) is 5.58 Å². The Morgan fingerprint density at radius 2 is 2.00 bits per heavy atom. The normalized spacial score (nSPS) is 15.4. The van der Waals surface area contributed by atoms with Crippen LogP contribution in [0.2, 0.25) is 0 Å². The van der Waals surface area contributed by atoms with Crippen LogP contribution in [0, 0.1) is 0 Å². The Balaban J connectivity index is 0.000000461. The van der Waals surface area contributed by atoms with Crippen LogP contribution in [0.5, 0.6) is 0 Å². The molecule has 76 valence electrons. The van der Waals surface area contributed by atoms with Gasteiger partial charge in [0.1, 0.15) is 0 Å². The Morgan fingerprint density at radius 3 is 2.57 bits per heavy atom. The molecule has 1 saturated heterocycles. The average molecular weight is 210 g/mol. The van der Waals surface area contributed by atoms with Gasteiger partial charge in [-0.1, -0.05) is 9.39 Å². The summed E-state index contributed by atoms with van der Waals surface area (Å²) in [6, 6.07) is 6.26. The molecule has 2 heterocycles. The molecule has 1 aliphatic heterocycles. The molecule has 2 rings (SSSR count). The van der Waals surface area contributed by atoms with E-state index < -0.39 is 0 Å². The van der Waals surface area contributed by atoms with Gasteiger partial charge in [0.2, 0.25) is 0 Å². The molecular formula is C9H16BN2OP. The molecule has 1 unspecified atom stereocenters. The Labute approximate surface area is 88.1 Å². The van der Waals surface area contributed by atoms with E-state index in [1.165, 1.54) is 5.58 Å². The molecule has 1 aliphatic rings. The summed E-state index contributed by atoms with van der Waals surface area (Å²) in [4.78, 5) is 2.35. The molecule has 5 heteroatoms. The zero-order chi connectivity index (χ0) is 10.2. The van der Waals surface area contributed by atoms with E-state index in [-0.39, 0.29) is 0 Å². The monoisotopic (exact) mass is 210 g/mol. The summed E-state index contributed by atoms with van der Waals surface area (Å²) in [5.41, 5.74) is 5.72. The number of rotatable bonds is 1. The fraction of sp³-hybridized carbons (Fsp3) is 0.444. The molecule has 0 saturated carbocycles. The molecule has 0 amide bonds. The van der Waals surface area contributed by atoms with Gasteiger partial charge < -0.3 is 5.50 Å². The van der Waals surface area contributed by atoms with Gasteiger partial charge in [-0.2, -0.15) is 0 Å². The molecule has 0 aromatic carbocycles. The zero-order valence-electron chi connectivity index (χ0n) is 8.23. The molecule has 2 N–H and O–H groups in total. The molecular weight excluding hydrogens is 194 g/mol. The van der Waals surface area contributed by atoms with Gasteiger partial charge in [-0.3, -0.25) is 0 Å². The SMILES string of the molecule is NP.b1ccccc1N1CCOCC1. The number of hydrogen-bond acceptors (Lipinski definition) is 3. The van der Waals surface area contributed by atoms with Crippen molar-refractivity contribution in [1.29, 1.82) is 0 Å². The topological polar surface area (TPSA) is 38.5 Å². The van der Waals surface area contributed by atoms with Crippen molar-refractivity contribution in [2.24, 2.45) is 5.50 Å². The summed E-state index contributed by atoms with van der Waals surface area (Å²) in [7, 11) is 1.92. The summed E-state index contributed by atoms with van der Waals surface area (Å²) >= 11 is 0. The van der Waals surface area contributed by atoms with Gasteiger partial charge in [0.25, 0.3) is 0 Å². The summed E-state index contributed by atoms with van der Waals surface area (Å²) < 4.78 is 5.28. The van der Waals surface area contributed by atoms with Crippen LogP contribution in [0.1, 0.15) is 0 Å². The molecule has 1 atom stereocenters. The van der Waals surface area contributed by atoms with E-state index in [1.54, 1.807) is 0 Å². The Kier molecular flexibility index (Phi) is 5.77. The number of nitrogens with two attached hydrogens (primary N) is 1. The van der Waals surface area contributed by atoms with Crippen molar-refractivity contribution >= 4 is 21.9 Å². The first-order chi connectivity index (χ1) is 6.97. The van der Waals surface area contributed by atoms with Gasteiger partial charge >= 0.3 is 72.6 Å². The van der Waals surface area contributed by atoms with Crippen molar-refractivity contribution in [2.75, 3.05) is 31.2 Å².